The number of hydrogen-bond donors (Lipinski definition) is 4. The van der Waals surface area contributed by atoms with Gasteiger partial charge in [-0.25, -0.2) is 10.3 Å². The highest BCUT2D eigenvalue weighted by molar-refractivity contribution is 6.02. The zero-order valence-corrected chi connectivity index (χ0v) is 17.8. The van der Waals surface area contributed by atoms with Gasteiger partial charge in [-0.1, -0.05) is 37.3 Å². The van der Waals surface area contributed by atoms with Gasteiger partial charge in [0.05, 0.1) is 7.11 Å². The number of amides is 3. The van der Waals surface area contributed by atoms with Gasteiger partial charge in [-0.2, -0.15) is 0 Å². The van der Waals surface area contributed by atoms with E-state index in [0.29, 0.717) is 24.0 Å². The molecule has 0 radical (unpaired) electrons. The van der Waals surface area contributed by atoms with E-state index in [1.54, 1.807) is 48.5 Å². The minimum absolute atomic E-state index is 0.119. The highest BCUT2D eigenvalue weighted by atomic mass is 16.6. The van der Waals surface area contributed by atoms with Crippen molar-refractivity contribution >= 4 is 17.9 Å². The summed E-state index contributed by atoms with van der Waals surface area (Å²) < 4.78 is 10.6. The standard InChI is InChI=1S/C23H26N2O7/c1-15(8-6-7-11-20(27)25-30)21(17-12-13-19(31-2)18(26)14-17)32-23(29)24-22(28)16-9-4-3-5-10-16/h3-5,7,9-15,21,26,30H,6,8H2,1-2H3,(H,25,27)(H,24,28,29)/b11-7+/t15-,21-/m0/s1. The van der Waals surface area contributed by atoms with Gasteiger partial charge in [0, 0.05) is 11.6 Å². The largest absolute Gasteiger partial charge is 0.504 e. The quantitative estimate of drug-likeness (QED) is 0.265. The van der Waals surface area contributed by atoms with Gasteiger partial charge in [0.1, 0.15) is 6.10 Å². The average molecular weight is 442 g/mol. The maximum Gasteiger partial charge on any atom is 0.414 e. The number of ether oxygens (including phenoxy) is 2. The molecule has 9 heteroatoms. The van der Waals surface area contributed by atoms with Gasteiger partial charge < -0.3 is 14.6 Å². The molecule has 170 valence electrons. The molecule has 2 aromatic rings. The minimum Gasteiger partial charge on any atom is -0.504 e. The van der Waals surface area contributed by atoms with E-state index in [1.165, 1.54) is 24.7 Å². The maximum absolute atomic E-state index is 12.4. The Kier molecular flexibility index (Phi) is 9.24. The van der Waals surface area contributed by atoms with Gasteiger partial charge in [0.15, 0.2) is 11.5 Å². The number of hydrogen-bond acceptors (Lipinski definition) is 7. The Morgan fingerprint density at radius 3 is 2.47 bits per heavy atom. The molecule has 0 fully saturated rings. The van der Waals surface area contributed by atoms with Crippen molar-refractivity contribution in [3.63, 3.8) is 0 Å². The first-order valence-corrected chi connectivity index (χ1v) is 9.90. The van der Waals surface area contributed by atoms with Crippen LogP contribution in [-0.4, -0.2) is 35.3 Å². The van der Waals surface area contributed by atoms with Crippen molar-refractivity contribution in [3.05, 3.63) is 71.8 Å². The first-order chi connectivity index (χ1) is 15.3. The summed E-state index contributed by atoms with van der Waals surface area (Å²) in [5.41, 5.74) is 2.32. The van der Waals surface area contributed by atoms with Crippen molar-refractivity contribution in [1.82, 2.24) is 10.8 Å². The van der Waals surface area contributed by atoms with Crippen molar-refractivity contribution in [2.75, 3.05) is 7.11 Å². The number of imide groups is 1. The molecule has 0 unspecified atom stereocenters. The highest BCUT2D eigenvalue weighted by Crippen LogP contribution is 2.35. The van der Waals surface area contributed by atoms with E-state index in [9.17, 15) is 19.5 Å². The summed E-state index contributed by atoms with van der Waals surface area (Å²) in [6.07, 6.45) is 2.00. The minimum atomic E-state index is -0.929. The van der Waals surface area contributed by atoms with Crippen LogP contribution in [0.3, 0.4) is 0 Å². The van der Waals surface area contributed by atoms with Gasteiger partial charge in [-0.3, -0.25) is 20.1 Å². The summed E-state index contributed by atoms with van der Waals surface area (Å²) in [6, 6.07) is 12.9. The molecular weight excluding hydrogens is 416 g/mol. The van der Waals surface area contributed by atoms with Crippen LogP contribution in [0.15, 0.2) is 60.7 Å². The lowest BCUT2D eigenvalue weighted by molar-refractivity contribution is -0.124. The third kappa shape index (κ3) is 7.13. The van der Waals surface area contributed by atoms with Crippen LogP contribution in [0.5, 0.6) is 11.5 Å². The van der Waals surface area contributed by atoms with E-state index in [2.05, 4.69) is 5.32 Å². The first kappa shape index (κ1) is 24.4. The number of phenolic OH excluding ortho intramolecular Hbond substituents is 1. The predicted molar refractivity (Wildman–Crippen MR) is 115 cm³/mol. The van der Waals surface area contributed by atoms with Crippen LogP contribution < -0.4 is 15.5 Å². The Bertz CT molecular complexity index is 960. The van der Waals surface area contributed by atoms with E-state index < -0.39 is 24.0 Å². The Morgan fingerprint density at radius 1 is 1.12 bits per heavy atom. The molecule has 9 nitrogen and oxygen atoms in total. The normalized spacial score (nSPS) is 12.6. The second-order valence-electron chi connectivity index (χ2n) is 7.01. The molecule has 2 atom stereocenters. The molecular formula is C23H26N2O7. The lowest BCUT2D eigenvalue weighted by Gasteiger charge is -2.25. The zero-order valence-electron chi connectivity index (χ0n) is 17.8. The fourth-order valence-electron chi connectivity index (χ4n) is 3.03. The van der Waals surface area contributed by atoms with E-state index in [4.69, 9.17) is 14.7 Å². The highest BCUT2D eigenvalue weighted by Gasteiger charge is 2.25. The zero-order chi connectivity index (χ0) is 23.5. The number of rotatable bonds is 9. The van der Waals surface area contributed by atoms with Crippen LogP contribution in [0.2, 0.25) is 0 Å². The van der Waals surface area contributed by atoms with Crippen LogP contribution in [0, 0.1) is 5.92 Å². The van der Waals surface area contributed by atoms with Gasteiger partial charge >= 0.3 is 6.09 Å². The number of phenols is 1. The summed E-state index contributed by atoms with van der Waals surface area (Å²) in [4.78, 5) is 35.8. The van der Waals surface area contributed by atoms with Gasteiger partial charge in [-0.15, -0.1) is 0 Å². The summed E-state index contributed by atoms with van der Waals surface area (Å²) in [7, 11) is 1.42. The number of alkyl carbamates (subject to hydrolysis) is 1. The summed E-state index contributed by atoms with van der Waals surface area (Å²) in [6.45, 7) is 1.83. The monoisotopic (exact) mass is 442 g/mol. The van der Waals surface area contributed by atoms with Gasteiger partial charge in [-0.05, 0) is 48.6 Å². The second kappa shape index (κ2) is 12.1. The maximum atomic E-state index is 12.4. The van der Waals surface area contributed by atoms with E-state index in [-0.39, 0.29) is 17.4 Å². The number of hydroxylamine groups is 1. The fraction of sp³-hybridized carbons (Fsp3) is 0.261. The second-order valence-corrected chi connectivity index (χ2v) is 7.01. The van der Waals surface area contributed by atoms with E-state index in [0.717, 1.165) is 0 Å². The van der Waals surface area contributed by atoms with Crippen molar-refractivity contribution in [2.45, 2.75) is 25.9 Å². The number of nitrogens with one attached hydrogen (secondary N) is 2. The van der Waals surface area contributed by atoms with Gasteiger partial charge in [0.25, 0.3) is 11.8 Å². The topological polar surface area (TPSA) is 134 Å². The smallest absolute Gasteiger partial charge is 0.414 e. The molecule has 2 aromatic carbocycles. The van der Waals surface area contributed by atoms with Crippen LogP contribution in [0.4, 0.5) is 4.79 Å². The molecule has 0 saturated heterocycles. The first-order valence-electron chi connectivity index (χ1n) is 9.90. The lowest BCUT2D eigenvalue weighted by atomic mass is 9.92. The molecule has 32 heavy (non-hydrogen) atoms. The Labute approximate surface area is 185 Å². The molecule has 0 aliphatic rings. The average Bonchev–Trinajstić information content (AvgIpc) is 2.80. The summed E-state index contributed by atoms with van der Waals surface area (Å²) in [5, 5.41) is 20.9. The Hall–Kier alpha value is -3.85. The van der Waals surface area contributed by atoms with Crippen molar-refractivity contribution in [2.24, 2.45) is 5.92 Å². The molecule has 0 bridgehead atoms. The Morgan fingerprint density at radius 2 is 1.84 bits per heavy atom. The Balaban J connectivity index is 2.14. The number of methoxy groups -OCH3 is 1. The summed E-state index contributed by atoms with van der Waals surface area (Å²) in [5.74, 6) is -1.35. The molecule has 4 N–H and O–H groups in total. The van der Waals surface area contributed by atoms with Crippen LogP contribution >= 0.6 is 0 Å². The molecule has 0 aliphatic heterocycles. The third-order valence-electron chi connectivity index (χ3n) is 4.70. The molecule has 2 rings (SSSR count). The van der Waals surface area contributed by atoms with E-state index in [1.807, 2.05) is 6.92 Å². The number of carbonyl (C=O) groups is 3. The van der Waals surface area contributed by atoms with Crippen molar-refractivity contribution in [3.8, 4) is 11.5 Å². The number of allylic oxidation sites excluding steroid dienone is 1. The predicted octanol–water partition coefficient (Wildman–Crippen LogP) is 3.49. The fourth-order valence-corrected chi connectivity index (χ4v) is 3.03. The van der Waals surface area contributed by atoms with E-state index >= 15 is 0 Å². The molecule has 0 aromatic heterocycles. The molecule has 0 aliphatic carbocycles. The third-order valence-corrected chi connectivity index (χ3v) is 4.70. The lowest BCUT2D eigenvalue weighted by Crippen LogP contribution is -2.33. The number of aromatic hydroxyl groups is 1. The van der Waals surface area contributed by atoms with Crippen LogP contribution in [0.1, 0.15) is 41.8 Å². The number of carbonyl (C=O) groups excluding carboxylic acids is 3. The molecule has 0 heterocycles. The number of benzene rings is 2. The van der Waals surface area contributed by atoms with Crippen molar-refractivity contribution in [1.29, 1.82) is 0 Å². The molecule has 0 spiro atoms. The van der Waals surface area contributed by atoms with Gasteiger partial charge in [0.2, 0.25) is 0 Å². The van der Waals surface area contributed by atoms with Crippen LogP contribution in [-0.2, 0) is 9.53 Å². The van der Waals surface area contributed by atoms with Crippen LogP contribution in [0.25, 0.3) is 0 Å². The SMILES string of the molecule is COc1ccc([C@@H](OC(=O)NC(=O)c2ccccc2)[C@@H](C)CC/C=C/C(=O)NO)cc1O. The molecule has 3 amide bonds. The van der Waals surface area contributed by atoms with Crippen molar-refractivity contribution < 1.29 is 34.2 Å². The summed E-state index contributed by atoms with van der Waals surface area (Å²) >= 11 is 0. The molecule has 0 saturated carbocycles.